The fourth-order valence-electron chi connectivity index (χ4n) is 2.95. The minimum Gasteiger partial charge on any atom is -0.357 e. The Morgan fingerprint density at radius 2 is 1.92 bits per heavy atom. The normalized spacial score (nSPS) is 20.7. The van der Waals surface area contributed by atoms with Gasteiger partial charge < -0.3 is 15.1 Å². The fraction of sp³-hybridized carbons (Fsp3) is 0.938. The summed E-state index contributed by atoms with van der Waals surface area (Å²) in [4.78, 5) is 9.03. The van der Waals surface area contributed by atoms with E-state index in [1.54, 1.807) is 13.8 Å². The van der Waals surface area contributed by atoms with Gasteiger partial charge in [-0.25, -0.2) is 8.42 Å². The van der Waals surface area contributed by atoms with Gasteiger partial charge in [0.25, 0.3) is 0 Å². The molecule has 24 heavy (non-hydrogen) atoms. The van der Waals surface area contributed by atoms with Gasteiger partial charge in [-0.2, -0.15) is 0 Å². The van der Waals surface area contributed by atoms with E-state index in [-0.39, 0.29) is 35.1 Å². The zero-order valence-electron chi connectivity index (χ0n) is 16.2. The van der Waals surface area contributed by atoms with Crippen LogP contribution >= 0.6 is 24.0 Å². The van der Waals surface area contributed by atoms with Gasteiger partial charge in [0.05, 0.1) is 10.5 Å². The van der Waals surface area contributed by atoms with Gasteiger partial charge in [0.15, 0.2) is 15.8 Å². The average molecular weight is 474 g/mol. The van der Waals surface area contributed by atoms with E-state index in [0.717, 1.165) is 19.0 Å². The van der Waals surface area contributed by atoms with E-state index in [1.165, 1.54) is 0 Å². The van der Waals surface area contributed by atoms with Gasteiger partial charge >= 0.3 is 0 Å². The molecule has 0 radical (unpaired) electrons. The van der Waals surface area contributed by atoms with Crippen molar-refractivity contribution in [1.29, 1.82) is 0 Å². The molecule has 1 heterocycles. The van der Waals surface area contributed by atoms with Crippen molar-refractivity contribution in [3.8, 4) is 0 Å². The third kappa shape index (κ3) is 6.67. The molecule has 0 saturated carbocycles. The number of guanidine groups is 1. The number of nitrogens with zero attached hydrogens (tertiary/aromatic N) is 3. The molecule has 1 aliphatic rings. The number of nitrogens with one attached hydrogen (secondary N) is 1. The van der Waals surface area contributed by atoms with Gasteiger partial charge in [0, 0.05) is 32.7 Å². The highest BCUT2D eigenvalue weighted by molar-refractivity contribution is 14.0. The minimum atomic E-state index is -3.03. The second-order valence-electron chi connectivity index (χ2n) is 8.07. The molecule has 1 N–H and O–H groups in total. The Bertz CT molecular complexity index is 530. The highest BCUT2D eigenvalue weighted by Crippen LogP contribution is 2.24. The monoisotopic (exact) mass is 474 g/mol. The molecule has 0 aromatic heterocycles. The number of sulfone groups is 1. The highest BCUT2D eigenvalue weighted by Gasteiger charge is 2.41. The summed E-state index contributed by atoms with van der Waals surface area (Å²) in [5.41, 5.74) is 0.0710. The molecule has 1 fully saturated rings. The number of rotatable bonds is 5. The lowest BCUT2D eigenvalue weighted by Gasteiger charge is -2.39. The van der Waals surface area contributed by atoms with Crippen LogP contribution < -0.4 is 5.32 Å². The predicted molar refractivity (Wildman–Crippen MR) is 113 cm³/mol. The lowest BCUT2D eigenvalue weighted by molar-refractivity contribution is 0.247. The van der Waals surface area contributed by atoms with Crippen LogP contribution in [0.25, 0.3) is 0 Å². The maximum absolute atomic E-state index is 12.2. The second-order valence-corrected chi connectivity index (χ2v) is 10.8. The summed E-state index contributed by atoms with van der Waals surface area (Å²) in [5.74, 6) is 1.01. The maximum Gasteiger partial charge on any atom is 0.194 e. The number of hydrogen-bond donors (Lipinski definition) is 1. The Morgan fingerprint density at radius 3 is 2.38 bits per heavy atom. The van der Waals surface area contributed by atoms with Crippen LogP contribution in [0.15, 0.2) is 4.99 Å². The van der Waals surface area contributed by atoms with Gasteiger partial charge in [0.1, 0.15) is 0 Å². The van der Waals surface area contributed by atoms with Crippen LogP contribution in [-0.2, 0) is 9.84 Å². The van der Waals surface area contributed by atoms with Crippen molar-refractivity contribution in [2.24, 2.45) is 10.4 Å². The summed E-state index contributed by atoms with van der Waals surface area (Å²) in [6, 6.07) is 0. The van der Waals surface area contributed by atoms with Crippen molar-refractivity contribution < 1.29 is 8.42 Å². The molecule has 0 aromatic carbocycles. The number of aliphatic imine (C=N–C) groups is 1. The van der Waals surface area contributed by atoms with Crippen LogP contribution in [0.5, 0.6) is 0 Å². The Labute approximate surface area is 165 Å². The van der Waals surface area contributed by atoms with Crippen LogP contribution in [0.2, 0.25) is 0 Å². The second kappa shape index (κ2) is 9.02. The third-order valence-corrected chi connectivity index (χ3v) is 6.61. The molecule has 0 atom stereocenters. The SMILES string of the molecule is CCNC(=NCC(C)(C)CN(C)C)N1CCS(=O)(=O)C(C)(C)C1.I. The molecule has 0 amide bonds. The first-order valence-electron chi connectivity index (χ1n) is 8.30. The van der Waals surface area contributed by atoms with E-state index in [2.05, 4.69) is 43.1 Å². The van der Waals surface area contributed by atoms with Crippen LogP contribution in [-0.4, -0.2) is 81.5 Å². The first-order chi connectivity index (χ1) is 10.4. The molecular weight excluding hydrogens is 439 g/mol. The van der Waals surface area contributed by atoms with Crippen molar-refractivity contribution in [3.63, 3.8) is 0 Å². The van der Waals surface area contributed by atoms with Crippen molar-refractivity contribution in [1.82, 2.24) is 15.1 Å². The van der Waals surface area contributed by atoms with Gasteiger partial charge in [-0.3, -0.25) is 4.99 Å². The van der Waals surface area contributed by atoms with Gasteiger partial charge in [-0.1, -0.05) is 13.8 Å². The van der Waals surface area contributed by atoms with Crippen LogP contribution in [0.1, 0.15) is 34.6 Å². The standard InChI is InChI=1S/C16H34N4O2S.HI/c1-8-17-14(18-11-15(2,3)12-19(6)7)20-9-10-23(21,22)16(4,5)13-20;/h8-13H2,1-7H3,(H,17,18);1H. The molecule has 144 valence electrons. The molecule has 0 aromatic rings. The number of halogens is 1. The zero-order valence-corrected chi connectivity index (χ0v) is 19.4. The third-order valence-electron chi connectivity index (χ3n) is 4.08. The molecule has 0 unspecified atom stereocenters. The smallest absolute Gasteiger partial charge is 0.194 e. The highest BCUT2D eigenvalue weighted by atomic mass is 127. The van der Waals surface area contributed by atoms with E-state index >= 15 is 0 Å². The molecule has 8 heteroatoms. The van der Waals surface area contributed by atoms with E-state index in [9.17, 15) is 8.42 Å². The molecule has 0 spiro atoms. The van der Waals surface area contributed by atoms with Gasteiger partial charge in [0.2, 0.25) is 0 Å². The largest absolute Gasteiger partial charge is 0.357 e. The predicted octanol–water partition coefficient (Wildman–Crippen LogP) is 1.67. The first-order valence-corrected chi connectivity index (χ1v) is 9.96. The molecular formula is C16H35IN4O2S. The number of hydrogen-bond acceptors (Lipinski definition) is 4. The van der Waals surface area contributed by atoms with Crippen LogP contribution in [0.3, 0.4) is 0 Å². The van der Waals surface area contributed by atoms with Crippen molar-refractivity contribution in [3.05, 3.63) is 0 Å². The average Bonchev–Trinajstić information content (AvgIpc) is 2.36. The molecule has 6 nitrogen and oxygen atoms in total. The summed E-state index contributed by atoms with van der Waals surface area (Å²) in [6.07, 6.45) is 0. The summed E-state index contributed by atoms with van der Waals surface area (Å²) in [5, 5.41) is 3.31. The summed E-state index contributed by atoms with van der Waals surface area (Å²) in [6.45, 7) is 13.5. The van der Waals surface area contributed by atoms with E-state index in [1.807, 2.05) is 6.92 Å². The molecule has 0 aliphatic carbocycles. The van der Waals surface area contributed by atoms with Gasteiger partial charge in [-0.15, -0.1) is 24.0 Å². The molecule has 1 saturated heterocycles. The van der Waals surface area contributed by atoms with Crippen molar-refractivity contribution in [2.75, 3.05) is 52.6 Å². The minimum absolute atomic E-state index is 0. The van der Waals surface area contributed by atoms with E-state index in [4.69, 9.17) is 4.99 Å². The Morgan fingerprint density at radius 1 is 1.33 bits per heavy atom. The Balaban J connectivity index is 0.00000529. The summed E-state index contributed by atoms with van der Waals surface area (Å²) < 4.78 is 23.6. The lowest BCUT2D eigenvalue weighted by Crippen LogP contribution is -2.57. The topological polar surface area (TPSA) is 65.0 Å². The molecule has 1 aliphatic heterocycles. The van der Waals surface area contributed by atoms with Crippen molar-refractivity contribution in [2.45, 2.75) is 39.4 Å². The summed E-state index contributed by atoms with van der Waals surface area (Å²) in [7, 11) is 1.10. The van der Waals surface area contributed by atoms with E-state index < -0.39 is 14.6 Å². The summed E-state index contributed by atoms with van der Waals surface area (Å²) >= 11 is 0. The maximum atomic E-state index is 12.2. The molecule has 0 bridgehead atoms. The Hall–Kier alpha value is -0.0900. The van der Waals surface area contributed by atoms with Crippen molar-refractivity contribution >= 4 is 39.8 Å². The molecule has 1 rings (SSSR count). The van der Waals surface area contributed by atoms with Crippen LogP contribution in [0, 0.1) is 5.41 Å². The fourth-order valence-corrected chi connectivity index (χ4v) is 4.31. The lowest BCUT2D eigenvalue weighted by atomic mass is 9.93. The quantitative estimate of drug-likeness (QED) is 0.373. The Kier molecular flexibility index (Phi) is 8.99. The van der Waals surface area contributed by atoms with Gasteiger partial charge in [-0.05, 0) is 40.3 Å². The zero-order chi connectivity index (χ0) is 17.9. The van der Waals surface area contributed by atoms with E-state index in [0.29, 0.717) is 19.6 Å². The first kappa shape index (κ1) is 23.9. The van der Waals surface area contributed by atoms with Crippen LogP contribution in [0.4, 0.5) is 0 Å².